The summed E-state index contributed by atoms with van der Waals surface area (Å²) in [5, 5.41) is 2.92. The molecule has 2 heterocycles. The maximum absolute atomic E-state index is 13.0. The molecular weight excluding hydrogens is 352 g/mol. The number of nitrogens with one attached hydrogen (secondary N) is 1. The highest BCUT2D eigenvalue weighted by atomic mass is 16.2. The summed E-state index contributed by atoms with van der Waals surface area (Å²) in [5.41, 5.74) is 0.0849. The van der Waals surface area contributed by atoms with Gasteiger partial charge in [0.2, 0.25) is 11.8 Å². The lowest BCUT2D eigenvalue weighted by molar-refractivity contribution is -0.148. The number of rotatable bonds is 6. The number of hydrogen-bond acceptors (Lipinski definition) is 4. The summed E-state index contributed by atoms with van der Waals surface area (Å²) in [5.74, 6) is 0.582. The van der Waals surface area contributed by atoms with Crippen LogP contribution in [0.3, 0.4) is 0 Å². The van der Waals surface area contributed by atoms with E-state index in [1.165, 1.54) is 0 Å². The largest absolute Gasteiger partial charge is 0.355 e. The number of benzene rings is 1. The van der Waals surface area contributed by atoms with E-state index in [0.29, 0.717) is 32.7 Å². The molecule has 1 aliphatic rings. The molecule has 148 valence electrons. The average Bonchev–Trinajstić information content (AvgIpc) is 2.74. The second kappa shape index (κ2) is 8.87. The molecule has 2 aromatic rings. The van der Waals surface area contributed by atoms with Crippen molar-refractivity contribution in [3.05, 3.63) is 60.3 Å². The fourth-order valence-corrected chi connectivity index (χ4v) is 3.36. The minimum Gasteiger partial charge on any atom is -0.355 e. The molecule has 2 amide bonds. The Morgan fingerprint density at radius 3 is 2.32 bits per heavy atom. The second-order valence-corrected chi connectivity index (χ2v) is 7.58. The molecule has 0 bridgehead atoms. The molecule has 1 N–H and O–H groups in total. The molecule has 1 fully saturated rings. The fourth-order valence-electron chi connectivity index (χ4n) is 3.36. The number of piperazine rings is 1. The lowest BCUT2D eigenvalue weighted by Crippen LogP contribution is -2.55. The maximum atomic E-state index is 13.0. The zero-order chi connectivity index (χ0) is 20.0. The van der Waals surface area contributed by atoms with E-state index in [9.17, 15) is 9.59 Å². The number of amides is 2. The molecule has 0 aliphatic carbocycles. The van der Waals surface area contributed by atoms with Gasteiger partial charge in [0.1, 0.15) is 11.2 Å². The minimum absolute atomic E-state index is 0.120. The predicted molar refractivity (Wildman–Crippen MR) is 110 cm³/mol. The molecule has 1 aromatic heterocycles. The Morgan fingerprint density at radius 2 is 1.68 bits per heavy atom. The molecule has 0 saturated carbocycles. The van der Waals surface area contributed by atoms with Crippen LogP contribution in [0.15, 0.2) is 54.7 Å². The third-order valence-corrected chi connectivity index (χ3v) is 5.18. The Bertz CT molecular complexity index is 785. The van der Waals surface area contributed by atoms with Crippen LogP contribution in [0.4, 0.5) is 5.82 Å². The highest BCUT2D eigenvalue weighted by molar-refractivity contribution is 6.04. The van der Waals surface area contributed by atoms with Gasteiger partial charge in [0, 0.05) is 38.9 Å². The van der Waals surface area contributed by atoms with E-state index in [1.807, 2.05) is 48.5 Å². The zero-order valence-electron chi connectivity index (χ0n) is 16.6. The fraction of sp³-hybridized carbons (Fsp3) is 0.409. The summed E-state index contributed by atoms with van der Waals surface area (Å²) < 4.78 is 0. The van der Waals surface area contributed by atoms with Gasteiger partial charge < -0.3 is 15.1 Å². The van der Waals surface area contributed by atoms with Gasteiger partial charge in [0.15, 0.2) is 0 Å². The van der Waals surface area contributed by atoms with E-state index in [1.54, 1.807) is 24.9 Å². The third kappa shape index (κ3) is 4.68. The number of pyridine rings is 1. The number of anilines is 1. The van der Waals surface area contributed by atoms with Crippen LogP contribution in [-0.2, 0) is 16.0 Å². The molecular formula is C22H28N4O2. The van der Waals surface area contributed by atoms with Gasteiger partial charge in [-0.15, -0.1) is 0 Å². The van der Waals surface area contributed by atoms with Crippen molar-refractivity contribution in [1.29, 1.82) is 0 Å². The van der Waals surface area contributed by atoms with Crippen molar-refractivity contribution >= 4 is 17.6 Å². The SMILES string of the molecule is CC(C)(C(=O)NCCc1ccccc1)C(=O)N1CCN(c2ccccn2)CC1. The van der Waals surface area contributed by atoms with Gasteiger partial charge in [-0.3, -0.25) is 9.59 Å². The third-order valence-electron chi connectivity index (χ3n) is 5.18. The molecule has 0 radical (unpaired) electrons. The molecule has 6 nitrogen and oxygen atoms in total. The first-order chi connectivity index (χ1) is 13.5. The first kappa shape index (κ1) is 19.9. The van der Waals surface area contributed by atoms with Gasteiger partial charge >= 0.3 is 0 Å². The lowest BCUT2D eigenvalue weighted by atomic mass is 9.90. The van der Waals surface area contributed by atoms with E-state index in [2.05, 4.69) is 15.2 Å². The summed E-state index contributed by atoms with van der Waals surface area (Å²) >= 11 is 0. The van der Waals surface area contributed by atoms with E-state index < -0.39 is 5.41 Å². The summed E-state index contributed by atoms with van der Waals surface area (Å²) in [4.78, 5) is 33.9. The highest BCUT2D eigenvalue weighted by Crippen LogP contribution is 2.21. The van der Waals surface area contributed by atoms with Crippen LogP contribution in [0.1, 0.15) is 19.4 Å². The van der Waals surface area contributed by atoms with Gasteiger partial charge in [0.25, 0.3) is 0 Å². The number of hydrogen-bond donors (Lipinski definition) is 1. The normalized spacial score (nSPS) is 14.6. The molecule has 0 spiro atoms. The number of carbonyl (C=O) groups excluding carboxylic acids is 2. The van der Waals surface area contributed by atoms with E-state index in [-0.39, 0.29) is 11.8 Å². The first-order valence-electron chi connectivity index (χ1n) is 9.76. The minimum atomic E-state index is -1.08. The van der Waals surface area contributed by atoms with Crippen LogP contribution in [0.5, 0.6) is 0 Å². The topological polar surface area (TPSA) is 65.5 Å². The Kier molecular flexibility index (Phi) is 6.29. The van der Waals surface area contributed by atoms with Crippen molar-refractivity contribution in [3.63, 3.8) is 0 Å². The molecule has 3 rings (SSSR count). The quantitative estimate of drug-likeness (QED) is 0.780. The van der Waals surface area contributed by atoms with Gasteiger partial charge in [-0.2, -0.15) is 0 Å². The standard InChI is InChI=1S/C22H28N4O2/c1-22(2,20(27)24-13-11-18-8-4-3-5-9-18)21(28)26-16-14-25(15-17-26)19-10-6-7-12-23-19/h3-10,12H,11,13-17H2,1-2H3,(H,24,27). The van der Waals surface area contributed by atoms with Gasteiger partial charge in [-0.05, 0) is 38.0 Å². The van der Waals surface area contributed by atoms with Crippen molar-refractivity contribution in [1.82, 2.24) is 15.2 Å². The molecule has 1 saturated heterocycles. The Balaban J connectivity index is 1.50. The number of carbonyl (C=O) groups is 2. The van der Waals surface area contributed by atoms with E-state index >= 15 is 0 Å². The summed E-state index contributed by atoms with van der Waals surface area (Å²) in [6.07, 6.45) is 2.52. The molecule has 1 aliphatic heterocycles. The summed E-state index contributed by atoms with van der Waals surface area (Å²) in [6.45, 7) is 6.55. The Morgan fingerprint density at radius 1 is 1.00 bits per heavy atom. The van der Waals surface area contributed by atoms with Gasteiger partial charge in [0.05, 0.1) is 0 Å². The lowest BCUT2D eigenvalue weighted by Gasteiger charge is -2.38. The molecule has 1 aromatic carbocycles. The van der Waals surface area contributed by atoms with Crippen molar-refractivity contribution in [3.8, 4) is 0 Å². The van der Waals surface area contributed by atoms with Crippen molar-refractivity contribution in [2.24, 2.45) is 5.41 Å². The maximum Gasteiger partial charge on any atom is 0.237 e. The predicted octanol–water partition coefficient (Wildman–Crippen LogP) is 2.12. The smallest absolute Gasteiger partial charge is 0.237 e. The molecule has 0 unspecified atom stereocenters. The summed E-state index contributed by atoms with van der Waals surface area (Å²) in [6, 6.07) is 15.8. The van der Waals surface area contributed by atoms with Crippen LogP contribution >= 0.6 is 0 Å². The Labute approximate surface area is 166 Å². The van der Waals surface area contributed by atoms with E-state index in [4.69, 9.17) is 0 Å². The Hall–Kier alpha value is -2.89. The molecule has 6 heteroatoms. The van der Waals surface area contributed by atoms with E-state index in [0.717, 1.165) is 17.8 Å². The first-order valence-corrected chi connectivity index (χ1v) is 9.76. The van der Waals surface area contributed by atoms with Crippen molar-refractivity contribution in [2.75, 3.05) is 37.6 Å². The van der Waals surface area contributed by atoms with Crippen molar-refractivity contribution < 1.29 is 9.59 Å². The molecule has 0 atom stereocenters. The van der Waals surface area contributed by atoms with Crippen LogP contribution < -0.4 is 10.2 Å². The van der Waals surface area contributed by atoms with Crippen molar-refractivity contribution in [2.45, 2.75) is 20.3 Å². The zero-order valence-corrected chi connectivity index (χ0v) is 16.6. The second-order valence-electron chi connectivity index (χ2n) is 7.58. The van der Waals surface area contributed by atoms with Gasteiger partial charge in [-0.1, -0.05) is 36.4 Å². The van der Waals surface area contributed by atoms with Gasteiger partial charge in [-0.25, -0.2) is 4.98 Å². The molecule has 28 heavy (non-hydrogen) atoms. The number of nitrogens with zero attached hydrogens (tertiary/aromatic N) is 3. The highest BCUT2D eigenvalue weighted by Gasteiger charge is 2.39. The van der Waals surface area contributed by atoms with Crippen LogP contribution in [0.25, 0.3) is 0 Å². The van der Waals surface area contributed by atoms with Crippen LogP contribution in [0, 0.1) is 5.41 Å². The average molecular weight is 380 g/mol. The van der Waals surface area contributed by atoms with Crippen LogP contribution in [0.2, 0.25) is 0 Å². The number of aromatic nitrogens is 1. The van der Waals surface area contributed by atoms with Crippen LogP contribution in [-0.4, -0.2) is 54.4 Å². The monoisotopic (exact) mass is 380 g/mol. The summed E-state index contributed by atoms with van der Waals surface area (Å²) in [7, 11) is 0.